The summed E-state index contributed by atoms with van der Waals surface area (Å²) in [6.45, 7) is 6.58. The molecule has 2 N–H and O–H groups in total. The standard InChI is InChI=1S/C29H41N9O3S/c1-29-10-15-36(16-11-29)27-19-23(33-42(40,41)18-17-39)7-8-26(27)38-21-25(32-34-38)24-9-12-30-28(31-24)37-14-4-6-22(20-37)5-3-13-35(29)2/h7-9,12,19,21-22,33,39H,3-6,10-11,13-18,20H2,1-2H3. The van der Waals surface area contributed by atoms with Crippen molar-refractivity contribution in [1.82, 2.24) is 29.9 Å². The first-order valence-corrected chi connectivity index (χ1v) is 16.6. The van der Waals surface area contributed by atoms with Crippen molar-refractivity contribution in [2.45, 2.75) is 51.0 Å². The number of aromatic nitrogens is 5. The minimum Gasteiger partial charge on any atom is -0.395 e. The molecule has 12 nitrogen and oxygen atoms in total. The van der Waals surface area contributed by atoms with E-state index in [1.807, 2.05) is 24.4 Å². The number of aliphatic hydroxyl groups is 1. The number of aliphatic hydroxyl groups excluding tert-OH is 1. The highest BCUT2D eigenvalue weighted by Crippen LogP contribution is 2.36. The number of hydrogen-bond acceptors (Lipinski definition) is 10. The van der Waals surface area contributed by atoms with Crippen molar-refractivity contribution in [3.8, 4) is 17.1 Å². The molecule has 6 heterocycles. The Morgan fingerprint density at radius 1 is 1.02 bits per heavy atom. The molecule has 2 fully saturated rings. The number of nitrogens with zero attached hydrogens (tertiary/aromatic N) is 8. The summed E-state index contributed by atoms with van der Waals surface area (Å²) in [5, 5.41) is 18.1. The highest BCUT2D eigenvalue weighted by molar-refractivity contribution is 7.92. The number of benzene rings is 1. The van der Waals surface area contributed by atoms with Gasteiger partial charge in [0.2, 0.25) is 16.0 Å². The van der Waals surface area contributed by atoms with E-state index in [4.69, 9.17) is 4.98 Å². The van der Waals surface area contributed by atoms with Gasteiger partial charge in [0.1, 0.15) is 5.69 Å². The Bertz CT molecular complexity index is 1500. The summed E-state index contributed by atoms with van der Waals surface area (Å²) in [5.41, 5.74) is 3.59. The van der Waals surface area contributed by atoms with Gasteiger partial charge < -0.3 is 19.8 Å². The van der Waals surface area contributed by atoms with Crippen LogP contribution < -0.4 is 14.5 Å². The van der Waals surface area contributed by atoms with E-state index in [9.17, 15) is 13.5 Å². The van der Waals surface area contributed by atoms with E-state index in [-0.39, 0.29) is 11.3 Å². The van der Waals surface area contributed by atoms with Crippen LogP contribution in [0.3, 0.4) is 0 Å². The zero-order valence-electron chi connectivity index (χ0n) is 24.5. The molecule has 7 rings (SSSR count). The van der Waals surface area contributed by atoms with E-state index >= 15 is 0 Å². The van der Waals surface area contributed by atoms with Gasteiger partial charge in [0.15, 0.2) is 0 Å². The Morgan fingerprint density at radius 2 is 1.81 bits per heavy atom. The van der Waals surface area contributed by atoms with Crippen LogP contribution in [0.15, 0.2) is 36.7 Å². The molecular weight excluding hydrogens is 554 g/mol. The third-order valence-corrected chi connectivity index (χ3v) is 10.5. The average molecular weight is 596 g/mol. The van der Waals surface area contributed by atoms with E-state index in [0.717, 1.165) is 81.4 Å². The monoisotopic (exact) mass is 595 g/mol. The van der Waals surface area contributed by atoms with Crippen LogP contribution in [-0.4, -0.2) is 101 Å². The molecule has 1 unspecified atom stereocenters. The fraction of sp³-hybridized carbons (Fsp3) is 0.586. The lowest BCUT2D eigenvalue weighted by Gasteiger charge is -2.46. The van der Waals surface area contributed by atoms with Gasteiger partial charge in [-0.3, -0.25) is 4.72 Å². The number of piperidine rings is 2. The van der Waals surface area contributed by atoms with Gasteiger partial charge in [-0.25, -0.2) is 23.1 Å². The Kier molecular flexibility index (Phi) is 8.07. The summed E-state index contributed by atoms with van der Waals surface area (Å²) in [4.78, 5) is 16.7. The van der Waals surface area contributed by atoms with E-state index < -0.39 is 16.6 Å². The van der Waals surface area contributed by atoms with Crippen LogP contribution >= 0.6 is 0 Å². The molecule has 0 saturated carbocycles. The Balaban J connectivity index is 1.39. The smallest absolute Gasteiger partial charge is 0.234 e. The lowest BCUT2D eigenvalue weighted by atomic mass is 9.87. The summed E-state index contributed by atoms with van der Waals surface area (Å²) in [7, 11) is -1.41. The lowest BCUT2D eigenvalue weighted by Crippen LogP contribution is -2.52. The minimum atomic E-state index is -3.67. The maximum Gasteiger partial charge on any atom is 0.234 e. The van der Waals surface area contributed by atoms with Gasteiger partial charge in [0.05, 0.1) is 41.3 Å². The fourth-order valence-corrected chi connectivity index (χ4v) is 7.34. The average Bonchev–Trinajstić information content (AvgIpc) is 3.47. The van der Waals surface area contributed by atoms with E-state index in [0.29, 0.717) is 17.3 Å². The quantitative estimate of drug-likeness (QED) is 0.464. The van der Waals surface area contributed by atoms with Crippen LogP contribution in [-0.2, 0) is 10.0 Å². The summed E-state index contributed by atoms with van der Waals surface area (Å²) in [6, 6.07) is 7.31. The van der Waals surface area contributed by atoms with Crippen LogP contribution in [0.2, 0.25) is 0 Å². The number of rotatable bonds is 4. The molecule has 2 saturated heterocycles. The summed E-state index contributed by atoms with van der Waals surface area (Å²) >= 11 is 0. The molecule has 4 aliphatic heterocycles. The second-order valence-corrected chi connectivity index (χ2v) is 14.0. The molecule has 4 aliphatic rings. The molecular formula is C29H41N9O3S. The molecule has 1 aromatic carbocycles. The first kappa shape index (κ1) is 28.8. The van der Waals surface area contributed by atoms with Crippen LogP contribution in [0.4, 0.5) is 17.3 Å². The molecule has 42 heavy (non-hydrogen) atoms. The van der Waals surface area contributed by atoms with Crippen molar-refractivity contribution in [3.05, 3.63) is 36.7 Å². The maximum atomic E-state index is 12.4. The minimum absolute atomic E-state index is 0.0892. The van der Waals surface area contributed by atoms with Crippen molar-refractivity contribution in [2.75, 3.05) is 66.7 Å². The second kappa shape index (κ2) is 11.8. The Labute approximate surface area is 247 Å². The SMILES string of the molecule is CN1CCCC2CCCN(C2)c2nccc(n2)-c2cn(nn2)-c2ccc(NS(=O)(=O)CCO)cc2N2CCC1(C)CC2. The molecule has 0 aliphatic carbocycles. The molecule has 13 heteroatoms. The number of nitrogens with one attached hydrogen (secondary N) is 1. The van der Waals surface area contributed by atoms with Gasteiger partial charge in [-0.1, -0.05) is 5.21 Å². The summed E-state index contributed by atoms with van der Waals surface area (Å²) in [6.07, 6.45) is 10.4. The van der Waals surface area contributed by atoms with Crippen molar-refractivity contribution in [1.29, 1.82) is 0 Å². The zero-order chi connectivity index (χ0) is 29.3. The summed E-state index contributed by atoms with van der Waals surface area (Å²) in [5.74, 6) is 1.01. The largest absolute Gasteiger partial charge is 0.395 e. The highest BCUT2D eigenvalue weighted by Gasteiger charge is 2.35. The van der Waals surface area contributed by atoms with Gasteiger partial charge in [0.25, 0.3) is 0 Å². The summed E-state index contributed by atoms with van der Waals surface area (Å²) < 4.78 is 29.2. The number of hydrogen-bond donors (Lipinski definition) is 2. The van der Waals surface area contributed by atoms with E-state index in [2.05, 4.69) is 48.7 Å². The molecule has 0 amide bonds. The van der Waals surface area contributed by atoms with Crippen LogP contribution in [0.25, 0.3) is 17.1 Å². The van der Waals surface area contributed by atoms with Crippen LogP contribution in [0.1, 0.15) is 45.4 Å². The topological polar surface area (TPSA) is 133 Å². The normalized spacial score (nSPS) is 23.5. The van der Waals surface area contributed by atoms with Gasteiger partial charge >= 0.3 is 0 Å². The number of anilines is 3. The third kappa shape index (κ3) is 6.09. The molecule has 0 spiro atoms. The van der Waals surface area contributed by atoms with Crippen molar-refractivity contribution in [2.24, 2.45) is 5.92 Å². The molecule has 226 valence electrons. The van der Waals surface area contributed by atoms with E-state index in [1.165, 1.54) is 12.8 Å². The first-order chi connectivity index (χ1) is 20.2. The second-order valence-electron chi connectivity index (χ2n) is 12.1. The van der Waals surface area contributed by atoms with Crippen molar-refractivity contribution in [3.63, 3.8) is 0 Å². The van der Waals surface area contributed by atoms with Gasteiger partial charge in [0, 0.05) is 37.9 Å². The number of sulfonamides is 1. The van der Waals surface area contributed by atoms with E-state index in [1.54, 1.807) is 16.9 Å². The van der Waals surface area contributed by atoms with Gasteiger partial charge in [-0.15, -0.1) is 5.10 Å². The van der Waals surface area contributed by atoms with Crippen LogP contribution in [0.5, 0.6) is 0 Å². The predicted molar refractivity (Wildman–Crippen MR) is 164 cm³/mol. The van der Waals surface area contributed by atoms with Crippen LogP contribution in [0, 0.1) is 5.92 Å². The lowest BCUT2D eigenvalue weighted by molar-refractivity contribution is 0.103. The van der Waals surface area contributed by atoms with Gasteiger partial charge in [-0.05, 0) is 89.2 Å². The molecule has 0 radical (unpaired) electrons. The first-order valence-electron chi connectivity index (χ1n) is 15.0. The Hall–Kier alpha value is -3.29. The van der Waals surface area contributed by atoms with Gasteiger partial charge in [-0.2, -0.15) is 0 Å². The van der Waals surface area contributed by atoms with Crippen molar-refractivity contribution >= 4 is 27.3 Å². The number of fused-ring (bicyclic) bond motifs is 5. The molecule has 8 bridgehead atoms. The third-order valence-electron chi connectivity index (χ3n) is 9.26. The molecule has 1 atom stereocenters. The Morgan fingerprint density at radius 3 is 2.60 bits per heavy atom. The maximum absolute atomic E-state index is 12.4. The fourth-order valence-electron chi connectivity index (χ4n) is 6.51. The highest BCUT2D eigenvalue weighted by atomic mass is 32.2. The van der Waals surface area contributed by atoms with Crippen molar-refractivity contribution < 1.29 is 13.5 Å². The predicted octanol–water partition coefficient (Wildman–Crippen LogP) is 2.76. The molecule has 2 aromatic heterocycles. The zero-order valence-corrected chi connectivity index (χ0v) is 25.3. The molecule has 3 aromatic rings.